The van der Waals surface area contributed by atoms with Gasteiger partial charge in [0.2, 0.25) is 5.91 Å². The number of nitrogens with one attached hydrogen (secondary N) is 1. The molecule has 2 saturated heterocycles. The average molecular weight is 416 g/mol. The lowest BCUT2D eigenvalue weighted by Gasteiger charge is -2.31. The summed E-state index contributed by atoms with van der Waals surface area (Å²) in [6.45, 7) is 3.28. The standard InChI is InChI=1S/C23H33N3O4/c1-30-20-9-7-18(8-10-20)22(28)19-11-16-26(17-12-19)23(29)24-13-5-15-25-14-4-2-3-6-21(25)27/h7-10,19H,2-6,11-17H2,1H3,(H,24,29). The molecule has 0 unspecified atom stereocenters. The number of carbonyl (C=O) groups is 3. The Labute approximate surface area is 178 Å². The Bertz CT molecular complexity index is 726. The molecule has 0 bridgehead atoms. The first-order valence-corrected chi connectivity index (χ1v) is 11.1. The summed E-state index contributed by atoms with van der Waals surface area (Å²) in [6.07, 6.45) is 5.96. The van der Waals surface area contributed by atoms with Gasteiger partial charge in [-0.2, -0.15) is 0 Å². The summed E-state index contributed by atoms with van der Waals surface area (Å²) < 4.78 is 5.14. The zero-order valence-electron chi connectivity index (χ0n) is 17.9. The van der Waals surface area contributed by atoms with Crippen molar-refractivity contribution >= 4 is 17.7 Å². The zero-order valence-corrected chi connectivity index (χ0v) is 17.9. The Morgan fingerprint density at radius 2 is 1.80 bits per heavy atom. The molecule has 30 heavy (non-hydrogen) atoms. The summed E-state index contributed by atoms with van der Waals surface area (Å²) in [5, 5.41) is 2.96. The molecule has 164 valence electrons. The highest BCUT2D eigenvalue weighted by atomic mass is 16.5. The van der Waals surface area contributed by atoms with Gasteiger partial charge >= 0.3 is 6.03 Å². The smallest absolute Gasteiger partial charge is 0.317 e. The molecule has 2 fully saturated rings. The van der Waals surface area contributed by atoms with E-state index < -0.39 is 0 Å². The number of amides is 3. The third-order valence-corrected chi connectivity index (χ3v) is 6.08. The molecule has 7 nitrogen and oxygen atoms in total. The number of ether oxygens (including phenoxy) is 1. The Morgan fingerprint density at radius 1 is 1.07 bits per heavy atom. The van der Waals surface area contributed by atoms with Gasteiger partial charge in [-0.25, -0.2) is 4.79 Å². The van der Waals surface area contributed by atoms with Crippen LogP contribution in [0.5, 0.6) is 5.75 Å². The van der Waals surface area contributed by atoms with Crippen LogP contribution in [-0.2, 0) is 4.79 Å². The highest BCUT2D eigenvalue weighted by Crippen LogP contribution is 2.23. The molecule has 1 aromatic carbocycles. The lowest BCUT2D eigenvalue weighted by atomic mass is 9.89. The molecule has 0 spiro atoms. The predicted molar refractivity (Wildman–Crippen MR) is 115 cm³/mol. The second-order valence-electron chi connectivity index (χ2n) is 8.13. The number of urea groups is 1. The first kappa shape index (κ1) is 22.1. The normalized spacial score (nSPS) is 18.1. The molecular formula is C23H33N3O4. The number of Topliss-reactive ketones (excluding diaryl/α,β-unsaturated/α-hetero) is 1. The summed E-state index contributed by atoms with van der Waals surface area (Å²) in [7, 11) is 1.60. The maximum atomic E-state index is 12.7. The molecule has 0 atom stereocenters. The second kappa shape index (κ2) is 11.0. The number of benzene rings is 1. The number of likely N-dealkylation sites (tertiary alicyclic amines) is 2. The second-order valence-corrected chi connectivity index (χ2v) is 8.13. The number of hydrogen-bond acceptors (Lipinski definition) is 4. The van der Waals surface area contributed by atoms with Crippen molar-refractivity contribution in [2.24, 2.45) is 5.92 Å². The molecule has 2 heterocycles. The molecular weight excluding hydrogens is 382 g/mol. The summed E-state index contributed by atoms with van der Waals surface area (Å²) in [6, 6.07) is 7.13. The van der Waals surface area contributed by atoms with Gasteiger partial charge in [0.05, 0.1) is 7.11 Å². The van der Waals surface area contributed by atoms with Crippen LogP contribution in [0.2, 0.25) is 0 Å². The number of carbonyl (C=O) groups excluding carboxylic acids is 3. The van der Waals surface area contributed by atoms with Crippen LogP contribution in [0.1, 0.15) is 55.3 Å². The molecule has 3 rings (SSSR count). The van der Waals surface area contributed by atoms with Gasteiger partial charge < -0.3 is 19.9 Å². The van der Waals surface area contributed by atoms with Crippen LogP contribution in [0.3, 0.4) is 0 Å². The number of rotatable bonds is 7. The quantitative estimate of drug-likeness (QED) is 0.548. The van der Waals surface area contributed by atoms with Crippen LogP contribution < -0.4 is 10.1 Å². The van der Waals surface area contributed by atoms with Crippen molar-refractivity contribution in [2.75, 3.05) is 39.8 Å². The molecule has 7 heteroatoms. The highest BCUT2D eigenvalue weighted by Gasteiger charge is 2.28. The van der Waals surface area contributed by atoms with E-state index in [0.29, 0.717) is 51.0 Å². The van der Waals surface area contributed by atoms with Crippen LogP contribution in [-0.4, -0.2) is 67.4 Å². The first-order valence-electron chi connectivity index (χ1n) is 11.1. The van der Waals surface area contributed by atoms with Crippen molar-refractivity contribution in [3.05, 3.63) is 29.8 Å². The Balaban J connectivity index is 1.36. The molecule has 1 aromatic rings. The fraction of sp³-hybridized carbons (Fsp3) is 0.609. The number of ketones is 1. The van der Waals surface area contributed by atoms with E-state index in [0.717, 1.165) is 38.0 Å². The molecule has 0 aliphatic carbocycles. The first-order chi connectivity index (χ1) is 14.6. The van der Waals surface area contributed by atoms with Crippen LogP contribution >= 0.6 is 0 Å². The number of nitrogens with zero attached hydrogens (tertiary/aromatic N) is 2. The number of hydrogen-bond donors (Lipinski definition) is 1. The van der Waals surface area contributed by atoms with Crippen molar-refractivity contribution in [1.29, 1.82) is 0 Å². The molecule has 2 aliphatic heterocycles. The fourth-order valence-corrected chi connectivity index (χ4v) is 4.19. The van der Waals surface area contributed by atoms with Gasteiger partial charge in [-0.3, -0.25) is 9.59 Å². The molecule has 3 amide bonds. The van der Waals surface area contributed by atoms with E-state index in [-0.39, 0.29) is 23.6 Å². The van der Waals surface area contributed by atoms with Gasteiger partial charge in [-0.15, -0.1) is 0 Å². The van der Waals surface area contributed by atoms with Crippen LogP contribution in [0, 0.1) is 5.92 Å². The van der Waals surface area contributed by atoms with Crippen molar-refractivity contribution in [2.45, 2.75) is 44.9 Å². The molecule has 0 radical (unpaired) electrons. The highest BCUT2D eigenvalue weighted by molar-refractivity contribution is 5.98. The molecule has 1 N–H and O–H groups in total. The topological polar surface area (TPSA) is 79.0 Å². The van der Waals surface area contributed by atoms with Crippen LogP contribution in [0.15, 0.2) is 24.3 Å². The van der Waals surface area contributed by atoms with Gasteiger partial charge in [-0.1, -0.05) is 6.42 Å². The van der Waals surface area contributed by atoms with Crippen molar-refractivity contribution in [3.8, 4) is 5.75 Å². The summed E-state index contributed by atoms with van der Waals surface area (Å²) in [5.41, 5.74) is 0.696. The largest absolute Gasteiger partial charge is 0.497 e. The Hall–Kier alpha value is -2.57. The van der Waals surface area contributed by atoms with E-state index in [9.17, 15) is 14.4 Å². The number of piperidine rings is 1. The number of methoxy groups -OCH3 is 1. The van der Waals surface area contributed by atoms with Gasteiger partial charge in [0.15, 0.2) is 5.78 Å². The van der Waals surface area contributed by atoms with Gasteiger partial charge in [0.1, 0.15) is 5.75 Å². The summed E-state index contributed by atoms with van der Waals surface area (Å²) in [4.78, 5) is 40.8. The minimum atomic E-state index is -0.0764. The minimum absolute atomic E-state index is 0.0449. The summed E-state index contributed by atoms with van der Waals surface area (Å²) in [5.74, 6) is 1.07. The van der Waals surface area contributed by atoms with E-state index in [2.05, 4.69) is 5.32 Å². The van der Waals surface area contributed by atoms with E-state index in [1.807, 2.05) is 4.90 Å². The SMILES string of the molecule is COc1ccc(C(=O)C2CCN(C(=O)NCCCN3CCCCCC3=O)CC2)cc1. The monoisotopic (exact) mass is 415 g/mol. The maximum Gasteiger partial charge on any atom is 0.317 e. The third-order valence-electron chi connectivity index (χ3n) is 6.08. The Morgan fingerprint density at radius 3 is 2.50 bits per heavy atom. The van der Waals surface area contributed by atoms with E-state index in [4.69, 9.17) is 4.74 Å². The van der Waals surface area contributed by atoms with Crippen molar-refractivity contribution < 1.29 is 19.1 Å². The fourth-order valence-electron chi connectivity index (χ4n) is 4.19. The lowest BCUT2D eigenvalue weighted by molar-refractivity contribution is -0.130. The Kier molecular flexibility index (Phi) is 8.11. The molecule has 0 aromatic heterocycles. The average Bonchev–Trinajstić information content (AvgIpc) is 3.00. The van der Waals surface area contributed by atoms with Crippen molar-refractivity contribution in [3.63, 3.8) is 0 Å². The van der Waals surface area contributed by atoms with Gasteiger partial charge in [-0.05, 0) is 56.4 Å². The lowest BCUT2D eigenvalue weighted by Crippen LogP contribution is -2.46. The molecule has 2 aliphatic rings. The summed E-state index contributed by atoms with van der Waals surface area (Å²) >= 11 is 0. The van der Waals surface area contributed by atoms with Crippen LogP contribution in [0.25, 0.3) is 0 Å². The van der Waals surface area contributed by atoms with Crippen LogP contribution in [0.4, 0.5) is 4.79 Å². The zero-order chi connectivity index (χ0) is 21.3. The van der Waals surface area contributed by atoms with E-state index in [1.165, 1.54) is 0 Å². The maximum absolute atomic E-state index is 12.7. The third kappa shape index (κ3) is 5.97. The molecule has 0 saturated carbocycles. The minimum Gasteiger partial charge on any atom is -0.497 e. The van der Waals surface area contributed by atoms with E-state index in [1.54, 1.807) is 36.3 Å². The van der Waals surface area contributed by atoms with Crippen molar-refractivity contribution in [1.82, 2.24) is 15.1 Å². The van der Waals surface area contributed by atoms with Gasteiger partial charge in [0, 0.05) is 50.6 Å². The van der Waals surface area contributed by atoms with E-state index >= 15 is 0 Å². The predicted octanol–water partition coefficient (Wildman–Crippen LogP) is 3.09. The van der Waals surface area contributed by atoms with Gasteiger partial charge in [0.25, 0.3) is 0 Å².